The predicted molar refractivity (Wildman–Crippen MR) is 61.8 cm³/mol. The van der Waals surface area contributed by atoms with Crippen LogP contribution >= 0.6 is 11.8 Å². The molecule has 1 unspecified atom stereocenters. The van der Waals surface area contributed by atoms with Crippen LogP contribution in [-0.2, 0) is 0 Å². The lowest BCUT2D eigenvalue weighted by atomic mass is 10.3. The molecular weight excluding hydrogens is 230 g/mol. The molecule has 1 rings (SSSR count). The fraction of sp³-hybridized carbons (Fsp3) is 0.222. The first-order chi connectivity index (χ1) is 7.54. The van der Waals surface area contributed by atoms with Crippen LogP contribution in [-0.4, -0.2) is 21.2 Å². The SMILES string of the molecule is CC(Sc1ccc([N+](=O)[O-])cc1)C(N)=NO. The van der Waals surface area contributed by atoms with Gasteiger partial charge < -0.3 is 10.9 Å². The molecule has 0 bridgehead atoms. The van der Waals surface area contributed by atoms with Gasteiger partial charge in [-0.15, -0.1) is 11.8 Å². The van der Waals surface area contributed by atoms with Crippen LogP contribution in [0.1, 0.15) is 6.92 Å². The molecule has 0 fully saturated rings. The Hall–Kier alpha value is -1.76. The van der Waals surface area contributed by atoms with Crippen molar-refractivity contribution in [1.29, 1.82) is 0 Å². The van der Waals surface area contributed by atoms with Crippen LogP contribution in [0, 0.1) is 10.1 Å². The van der Waals surface area contributed by atoms with Crippen molar-refractivity contribution < 1.29 is 10.1 Å². The standard InChI is InChI=1S/C9H11N3O3S/c1-6(9(10)11-13)16-8-4-2-7(3-5-8)12(14)15/h2-6,13H,1H3,(H2,10,11). The highest BCUT2D eigenvalue weighted by Gasteiger charge is 2.10. The van der Waals surface area contributed by atoms with E-state index in [-0.39, 0.29) is 16.8 Å². The van der Waals surface area contributed by atoms with Crippen LogP contribution in [0.2, 0.25) is 0 Å². The second-order valence-corrected chi connectivity index (χ2v) is 4.45. The van der Waals surface area contributed by atoms with Gasteiger partial charge in [0.05, 0.1) is 10.2 Å². The van der Waals surface area contributed by atoms with Gasteiger partial charge in [0.25, 0.3) is 5.69 Å². The van der Waals surface area contributed by atoms with Gasteiger partial charge >= 0.3 is 0 Å². The highest BCUT2D eigenvalue weighted by Crippen LogP contribution is 2.25. The van der Waals surface area contributed by atoms with Gasteiger partial charge in [-0.3, -0.25) is 10.1 Å². The van der Waals surface area contributed by atoms with Gasteiger partial charge in [0, 0.05) is 17.0 Å². The van der Waals surface area contributed by atoms with Crippen molar-refractivity contribution in [3.8, 4) is 0 Å². The Balaban J connectivity index is 2.72. The molecule has 0 radical (unpaired) electrons. The molecule has 0 aliphatic rings. The molecule has 7 heteroatoms. The zero-order valence-electron chi connectivity index (χ0n) is 8.53. The summed E-state index contributed by atoms with van der Waals surface area (Å²) in [6.45, 7) is 1.78. The molecule has 16 heavy (non-hydrogen) atoms. The maximum Gasteiger partial charge on any atom is 0.269 e. The van der Waals surface area contributed by atoms with Crippen LogP contribution in [0.4, 0.5) is 5.69 Å². The highest BCUT2D eigenvalue weighted by molar-refractivity contribution is 8.00. The lowest BCUT2D eigenvalue weighted by Crippen LogP contribution is -2.23. The third-order valence-electron chi connectivity index (χ3n) is 1.89. The largest absolute Gasteiger partial charge is 0.409 e. The number of nitrogens with zero attached hydrogens (tertiary/aromatic N) is 2. The summed E-state index contributed by atoms with van der Waals surface area (Å²) in [6, 6.07) is 6.09. The van der Waals surface area contributed by atoms with E-state index in [2.05, 4.69) is 5.16 Å². The van der Waals surface area contributed by atoms with Gasteiger partial charge in [0.1, 0.15) is 0 Å². The molecule has 0 aliphatic heterocycles. The van der Waals surface area contributed by atoms with E-state index in [4.69, 9.17) is 10.9 Å². The number of oxime groups is 1. The second kappa shape index (κ2) is 5.36. The first kappa shape index (κ1) is 12.3. The molecule has 6 nitrogen and oxygen atoms in total. The molecule has 1 aromatic rings. The number of hydrogen-bond donors (Lipinski definition) is 2. The summed E-state index contributed by atoms with van der Waals surface area (Å²) in [5.74, 6) is 0.114. The minimum atomic E-state index is -0.457. The Morgan fingerprint density at radius 3 is 2.56 bits per heavy atom. The second-order valence-electron chi connectivity index (χ2n) is 3.04. The summed E-state index contributed by atoms with van der Waals surface area (Å²) in [6.07, 6.45) is 0. The topological polar surface area (TPSA) is 102 Å². The van der Waals surface area contributed by atoms with E-state index in [0.29, 0.717) is 0 Å². The summed E-state index contributed by atoms with van der Waals surface area (Å²) in [5.41, 5.74) is 5.46. The van der Waals surface area contributed by atoms with Crippen molar-refractivity contribution in [2.75, 3.05) is 0 Å². The van der Waals surface area contributed by atoms with E-state index in [1.54, 1.807) is 19.1 Å². The predicted octanol–water partition coefficient (Wildman–Crippen LogP) is 1.82. The zero-order valence-corrected chi connectivity index (χ0v) is 9.35. The fourth-order valence-electron chi connectivity index (χ4n) is 0.992. The first-order valence-electron chi connectivity index (χ1n) is 4.43. The van der Waals surface area contributed by atoms with E-state index in [0.717, 1.165) is 4.90 Å². The number of amidine groups is 1. The van der Waals surface area contributed by atoms with Gasteiger partial charge in [0.2, 0.25) is 0 Å². The molecule has 86 valence electrons. The van der Waals surface area contributed by atoms with Gasteiger partial charge in [-0.05, 0) is 19.1 Å². The van der Waals surface area contributed by atoms with E-state index < -0.39 is 4.92 Å². The Labute approximate surface area is 96.3 Å². The molecule has 0 saturated heterocycles. The molecule has 1 atom stereocenters. The van der Waals surface area contributed by atoms with Crippen molar-refractivity contribution >= 4 is 23.3 Å². The molecule has 0 aromatic heterocycles. The molecular formula is C9H11N3O3S. The van der Waals surface area contributed by atoms with Crippen LogP contribution in [0.3, 0.4) is 0 Å². The fourth-order valence-corrected chi connectivity index (χ4v) is 1.86. The quantitative estimate of drug-likeness (QED) is 0.209. The van der Waals surface area contributed by atoms with Crippen molar-refractivity contribution in [1.82, 2.24) is 0 Å². The Morgan fingerprint density at radius 1 is 1.56 bits per heavy atom. The number of hydrogen-bond acceptors (Lipinski definition) is 5. The summed E-state index contributed by atoms with van der Waals surface area (Å²) < 4.78 is 0. The summed E-state index contributed by atoms with van der Waals surface area (Å²) in [4.78, 5) is 10.8. The molecule has 0 spiro atoms. The third-order valence-corrected chi connectivity index (χ3v) is 3.03. The van der Waals surface area contributed by atoms with Gasteiger partial charge in [-0.1, -0.05) is 5.16 Å². The molecule has 3 N–H and O–H groups in total. The molecule has 0 amide bonds. The summed E-state index contributed by atoms with van der Waals surface area (Å²) in [7, 11) is 0. The Morgan fingerprint density at radius 2 is 2.12 bits per heavy atom. The van der Waals surface area contributed by atoms with Crippen molar-refractivity contribution in [2.45, 2.75) is 17.1 Å². The minimum absolute atomic E-state index is 0.0424. The Kier molecular flexibility index (Phi) is 4.12. The van der Waals surface area contributed by atoms with Crippen LogP contribution < -0.4 is 5.73 Å². The first-order valence-corrected chi connectivity index (χ1v) is 5.31. The maximum atomic E-state index is 10.4. The van der Waals surface area contributed by atoms with Gasteiger partial charge in [-0.25, -0.2) is 0 Å². The monoisotopic (exact) mass is 241 g/mol. The molecule has 1 aromatic carbocycles. The van der Waals surface area contributed by atoms with Gasteiger partial charge in [0.15, 0.2) is 5.84 Å². The van der Waals surface area contributed by atoms with Crippen LogP contribution in [0.25, 0.3) is 0 Å². The number of nitrogens with two attached hydrogens (primary N) is 1. The average Bonchev–Trinajstić information content (AvgIpc) is 2.28. The number of nitro benzene ring substituents is 1. The normalized spacial score (nSPS) is 13.4. The lowest BCUT2D eigenvalue weighted by molar-refractivity contribution is -0.384. The van der Waals surface area contributed by atoms with Crippen molar-refractivity contribution in [2.24, 2.45) is 10.9 Å². The zero-order chi connectivity index (χ0) is 12.1. The van der Waals surface area contributed by atoms with Crippen molar-refractivity contribution in [3.63, 3.8) is 0 Å². The van der Waals surface area contributed by atoms with E-state index in [1.807, 2.05) is 0 Å². The molecule has 0 heterocycles. The van der Waals surface area contributed by atoms with Crippen LogP contribution in [0.5, 0.6) is 0 Å². The van der Waals surface area contributed by atoms with E-state index >= 15 is 0 Å². The molecule has 0 saturated carbocycles. The maximum absolute atomic E-state index is 10.4. The van der Waals surface area contributed by atoms with Gasteiger partial charge in [-0.2, -0.15) is 0 Å². The van der Waals surface area contributed by atoms with Crippen molar-refractivity contribution in [3.05, 3.63) is 34.4 Å². The Bertz CT molecular complexity index is 405. The van der Waals surface area contributed by atoms with E-state index in [1.165, 1.54) is 23.9 Å². The lowest BCUT2D eigenvalue weighted by Gasteiger charge is -2.08. The van der Waals surface area contributed by atoms with Crippen LogP contribution in [0.15, 0.2) is 34.3 Å². The number of rotatable bonds is 4. The smallest absolute Gasteiger partial charge is 0.269 e. The number of benzene rings is 1. The summed E-state index contributed by atoms with van der Waals surface area (Å²) >= 11 is 1.36. The number of non-ortho nitro benzene ring substituents is 1. The minimum Gasteiger partial charge on any atom is -0.409 e. The molecule has 0 aliphatic carbocycles. The number of nitro groups is 1. The third kappa shape index (κ3) is 3.13. The summed E-state index contributed by atoms with van der Waals surface area (Å²) in [5, 5.41) is 21.6. The number of thioether (sulfide) groups is 1. The average molecular weight is 241 g/mol. The highest BCUT2D eigenvalue weighted by atomic mass is 32.2. The van der Waals surface area contributed by atoms with E-state index in [9.17, 15) is 10.1 Å².